The summed E-state index contributed by atoms with van der Waals surface area (Å²) in [6.07, 6.45) is 5.13. The lowest BCUT2D eigenvalue weighted by Gasteiger charge is -2.38. The Balaban J connectivity index is 1.66. The molecule has 1 heterocycles. The van der Waals surface area contributed by atoms with Crippen LogP contribution in [0.5, 0.6) is 0 Å². The van der Waals surface area contributed by atoms with Crippen molar-refractivity contribution in [1.29, 1.82) is 0 Å². The van der Waals surface area contributed by atoms with E-state index in [2.05, 4.69) is 5.32 Å². The van der Waals surface area contributed by atoms with E-state index in [1.54, 1.807) is 0 Å². The molecule has 1 aliphatic heterocycles. The molecule has 1 aromatic carbocycles. The fourth-order valence-corrected chi connectivity index (χ4v) is 2.94. The topological polar surface area (TPSA) is 21.3 Å². The first kappa shape index (κ1) is 11.2. The van der Waals surface area contributed by atoms with Crippen molar-refractivity contribution in [2.24, 2.45) is 0 Å². The van der Waals surface area contributed by atoms with E-state index in [0.29, 0.717) is 0 Å². The Morgan fingerprint density at radius 3 is 2.47 bits per heavy atom. The Kier molecular flexibility index (Phi) is 2.89. The highest BCUT2D eigenvalue weighted by Gasteiger charge is 2.38. The predicted octanol–water partition coefficient (Wildman–Crippen LogP) is 2.80. The van der Waals surface area contributed by atoms with E-state index in [-0.39, 0.29) is 17.5 Å². The van der Waals surface area contributed by atoms with Crippen molar-refractivity contribution in [3.63, 3.8) is 0 Å². The quantitative estimate of drug-likeness (QED) is 0.808. The average molecular weight is 235 g/mol. The van der Waals surface area contributed by atoms with E-state index in [1.807, 2.05) is 12.1 Å². The largest absolute Gasteiger partial charge is 0.370 e. The van der Waals surface area contributed by atoms with Crippen LogP contribution in [-0.4, -0.2) is 18.7 Å². The van der Waals surface area contributed by atoms with Gasteiger partial charge in [0, 0.05) is 12.1 Å². The third-order valence-corrected chi connectivity index (χ3v) is 4.03. The van der Waals surface area contributed by atoms with Gasteiger partial charge >= 0.3 is 0 Å². The van der Waals surface area contributed by atoms with E-state index in [9.17, 15) is 4.39 Å². The first-order valence-electron chi connectivity index (χ1n) is 6.40. The van der Waals surface area contributed by atoms with Crippen LogP contribution in [0.3, 0.4) is 0 Å². The van der Waals surface area contributed by atoms with E-state index < -0.39 is 0 Å². The molecule has 2 fully saturated rings. The van der Waals surface area contributed by atoms with Gasteiger partial charge in [-0.3, -0.25) is 0 Å². The highest BCUT2D eigenvalue weighted by atomic mass is 19.1. The number of benzene rings is 1. The Labute approximate surface area is 101 Å². The Morgan fingerprint density at radius 2 is 1.88 bits per heavy atom. The maximum Gasteiger partial charge on any atom is 0.123 e. The number of nitrogens with one attached hydrogen (secondary N) is 1. The molecule has 0 radical (unpaired) electrons. The summed E-state index contributed by atoms with van der Waals surface area (Å²) in [4.78, 5) is 0. The molecule has 17 heavy (non-hydrogen) atoms. The second kappa shape index (κ2) is 4.39. The molecule has 1 saturated carbocycles. The van der Waals surface area contributed by atoms with E-state index in [4.69, 9.17) is 4.74 Å². The molecule has 1 unspecified atom stereocenters. The van der Waals surface area contributed by atoms with Crippen LogP contribution in [0.1, 0.15) is 37.4 Å². The third kappa shape index (κ3) is 2.22. The summed E-state index contributed by atoms with van der Waals surface area (Å²) in [5.41, 5.74) is 1.29. The van der Waals surface area contributed by atoms with Crippen LogP contribution in [0.2, 0.25) is 0 Å². The molecule has 3 rings (SSSR count). The van der Waals surface area contributed by atoms with E-state index in [0.717, 1.165) is 18.7 Å². The zero-order valence-corrected chi connectivity index (χ0v) is 9.92. The minimum atomic E-state index is -0.190. The van der Waals surface area contributed by atoms with Gasteiger partial charge in [0.2, 0.25) is 0 Å². The monoisotopic (exact) mass is 235 g/mol. The molecule has 1 N–H and O–H groups in total. The van der Waals surface area contributed by atoms with Crippen molar-refractivity contribution in [3.05, 3.63) is 35.6 Å². The minimum absolute atomic E-state index is 0.0711. The van der Waals surface area contributed by atoms with Gasteiger partial charge in [0.05, 0.1) is 12.7 Å². The number of hydrogen-bond donors (Lipinski definition) is 1. The van der Waals surface area contributed by atoms with Gasteiger partial charge in [-0.15, -0.1) is 0 Å². The number of morpholine rings is 1. The van der Waals surface area contributed by atoms with Crippen LogP contribution in [0.25, 0.3) is 0 Å². The number of hydrogen-bond acceptors (Lipinski definition) is 2. The maximum absolute atomic E-state index is 12.8. The Morgan fingerprint density at radius 1 is 1.18 bits per heavy atom. The lowest BCUT2D eigenvalue weighted by Crippen LogP contribution is -2.53. The van der Waals surface area contributed by atoms with Gasteiger partial charge < -0.3 is 10.1 Å². The smallest absolute Gasteiger partial charge is 0.123 e. The van der Waals surface area contributed by atoms with Gasteiger partial charge in [0.25, 0.3) is 0 Å². The van der Waals surface area contributed by atoms with Crippen LogP contribution < -0.4 is 5.32 Å². The van der Waals surface area contributed by atoms with Crippen molar-refractivity contribution in [2.45, 2.75) is 37.3 Å². The molecule has 1 aromatic rings. The van der Waals surface area contributed by atoms with Crippen molar-refractivity contribution in [3.8, 4) is 0 Å². The summed E-state index contributed by atoms with van der Waals surface area (Å²) in [5.74, 6) is -0.190. The van der Waals surface area contributed by atoms with Crippen LogP contribution in [-0.2, 0) is 4.74 Å². The third-order valence-electron chi connectivity index (χ3n) is 4.03. The molecule has 0 amide bonds. The summed E-state index contributed by atoms with van der Waals surface area (Å²) in [7, 11) is 0. The highest BCUT2D eigenvalue weighted by Crippen LogP contribution is 2.34. The number of rotatable bonds is 1. The molecular formula is C14H18FNO. The van der Waals surface area contributed by atoms with Crippen LogP contribution in [0.15, 0.2) is 24.3 Å². The summed E-state index contributed by atoms with van der Waals surface area (Å²) in [6, 6.07) is 6.62. The van der Waals surface area contributed by atoms with Crippen molar-refractivity contribution < 1.29 is 9.13 Å². The zero-order chi connectivity index (χ0) is 11.7. The molecular weight excluding hydrogens is 217 g/mol. The fourth-order valence-electron chi connectivity index (χ4n) is 2.94. The molecule has 92 valence electrons. The normalized spacial score (nSPS) is 27.5. The molecule has 0 bridgehead atoms. The van der Waals surface area contributed by atoms with Crippen molar-refractivity contribution >= 4 is 0 Å². The molecule has 2 aliphatic rings. The lowest BCUT2D eigenvalue weighted by atomic mass is 9.95. The van der Waals surface area contributed by atoms with Gasteiger partial charge in [-0.2, -0.15) is 0 Å². The van der Waals surface area contributed by atoms with Gasteiger partial charge in [0.1, 0.15) is 5.82 Å². The molecule has 1 spiro atoms. The number of halogens is 1. The number of ether oxygens (including phenoxy) is 1. The lowest BCUT2D eigenvalue weighted by molar-refractivity contribution is -0.0326. The second-order valence-corrected chi connectivity index (χ2v) is 5.22. The highest BCUT2D eigenvalue weighted by molar-refractivity contribution is 5.20. The van der Waals surface area contributed by atoms with E-state index >= 15 is 0 Å². The summed E-state index contributed by atoms with van der Waals surface area (Å²) in [5, 5.41) is 3.64. The molecule has 3 heteroatoms. The van der Waals surface area contributed by atoms with E-state index in [1.165, 1.54) is 37.8 Å². The molecule has 1 atom stereocenters. The summed E-state index contributed by atoms with van der Waals surface area (Å²) < 4.78 is 18.8. The minimum Gasteiger partial charge on any atom is -0.370 e. The Hall–Kier alpha value is -0.930. The zero-order valence-electron chi connectivity index (χ0n) is 9.92. The molecule has 1 saturated heterocycles. The van der Waals surface area contributed by atoms with Crippen LogP contribution in [0.4, 0.5) is 4.39 Å². The first-order valence-corrected chi connectivity index (χ1v) is 6.40. The standard InChI is InChI=1S/C14H18FNO/c15-12-5-3-11(4-6-12)13-9-16-14(10-17-13)7-1-2-8-14/h3-6,13,16H,1-2,7-10H2. The summed E-state index contributed by atoms with van der Waals surface area (Å²) >= 11 is 0. The summed E-state index contributed by atoms with van der Waals surface area (Å²) in [6.45, 7) is 1.63. The van der Waals surface area contributed by atoms with Crippen molar-refractivity contribution in [1.82, 2.24) is 5.32 Å². The molecule has 2 nitrogen and oxygen atoms in total. The molecule has 0 aromatic heterocycles. The van der Waals surface area contributed by atoms with Crippen LogP contribution in [0, 0.1) is 5.82 Å². The SMILES string of the molecule is Fc1ccc(C2CNC3(CCCC3)CO2)cc1. The fraction of sp³-hybridized carbons (Fsp3) is 0.571. The van der Waals surface area contributed by atoms with Gasteiger partial charge in [0.15, 0.2) is 0 Å². The van der Waals surface area contributed by atoms with Gasteiger partial charge in [-0.25, -0.2) is 4.39 Å². The first-order chi connectivity index (χ1) is 8.27. The van der Waals surface area contributed by atoms with Gasteiger partial charge in [-0.1, -0.05) is 25.0 Å². The average Bonchev–Trinajstić information content (AvgIpc) is 2.80. The van der Waals surface area contributed by atoms with Crippen LogP contribution >= 0.6 is 0 Å². The van der Waals surface area contributed by atoms with Crippen molar-refractivity contribution in [2.75, 3.05) is 13.2 Å². The maximum atomic E-state index is 12.8. The van der Waals surface area contributed by atoms with Gasteiger partial charge in [-0.05, 0) is 30.5 Å². The second-order valence-electron chi connectivity index (χ2n) is 5.22. The predicted molar refractivity (Wildman–Crippen MR) is 64.3 cm³/mol. The Bertz CT molecular complexity index is 374. The molecule has 1 aliphatic carbocycles.